The van der Waals surface area contributed by atoms with Crippen LogP contribution in [0.25, 0.3) is 6.08 Å². The molecule has 1 aromatic carbocycles. The first-order valence-electron chi connectivity index (χ1n) is 11.1. The molecule has 156 valence electrons. The molecule has 1 aliphatic carbocycles. The van der Waals surface area contributed by atoms with E-state index in [1.165, 1.54) is 6.42 Å². The zero-order valence-corrected chi connectivity index (χ0v) is 18.2. The van der Waals surface area contributed by atoms with Gasteiger partial charge in [0.25, 0.3) is 0 Å². The quantitative estimate of drug-likeness (QED) is 0.574. The fraction of sp³-hybridized carbons (Fsp3) is 0.600. The van der Waals surface area contributed by atoms with Crippen molar-refractivity contribution < 1.29 is 9.53 Å². The molecule has 1 aromatic rings. The van der Waals surface area contributed by atoms with E-state index in [2.05, 4.69) is 33.8 Å². The Kier molecular flexibility index (Phi) is 6.67. The van der Waals surface area contributed by atoms with Gasteiger partial charge in [-0.3, -0.25) is 4.90 Å². The van der Waals surface area contributed by atoms with E-state index >= 15 is 0 Å². The number of nitriles is 1. The Bertz CT molecular complexity index is 794. The molecule has 4 heteroatoms. The summed E-state index contributed by atoms with van der Waals surface area (Å²) >= 11 is 0. The molecule has 3 rings (SSSR count). The molecule has 0 saturated heterocycles. The van der Waals surface area contributed by atoms with Crippen LogP contribution in [0, 0.1) is 29.1 Å². The Morgan fingerprint density at radius 3 is 2.79 bits per heavy atom. The lowest BCUT2D eigenvalue weighted by molar-refractivity contribution is -0.0145. The summed E-state index contributed by atoms with van der Waals surface area (Å²) in [6.07, 6.45) is 8.81. The number of hydrogen-bond acceptors (Lipinski definition) is 3. The minimum atomic E-state index is -1.01. The lowest BCUT2D eigenvalue weighted by Gasteiger charge is -2.42. The van der Waals surface area contributed by atoms with Crippen molar-refractivity contribution in [2.45, 2.75) is 77.9 Å². The molecule has 1 saturated carbocycles. The molecule has 0 bridgehead atoms. The molecule has 1 fully saturated rings. The number of fused-ring (bicyclic) bond motifs is 1. The van der Waals surface area contributed by atoms with Crippen LogP contribution in [0.4, 0.5) is 4.79 Å². The molecule has 1 aliphatic heterocycles. The Hall–Kier alpha value is -2.28. The second-order valence-corrected chi connectivity index (χ2v) is 9.10. The first-order chi connectivity index (χ1) is 13.9. The van der Waals surface area contributed by atoms with Gasteiger partial charge >= 0.3 is 6.09 Å². The molecule has 0 radical (unpaired) electrons. The predicted octanol–water partition coefficient (Wildman–Crippen LogP) is 6.48. The monoisotopic (exact) mass is 394 g/mol. The van der Waals surface area contributed by atoms with E-state index in [0.29, 0.717) is 24.2 Å². The van der Waals surface area contributed by atoms with E-state index in [9.17, 15) is 10.1 Å². The predicted molar refractivity (Wildman–Crippen MR) is 116 cm³/mol. The number of carbonyl (C=O) groups excluding carboxylic acids is 1. The first kappa shape index (κ1) is 21.4. The van der Waals surface area contributed by atoms with Gasteiger partial charge in [-0.15, -0.1) is 0 Å². The van der Waals surface area contributed by atoms with Gasteiger partial charge in [0.2, 0.25) is 0 Å². The number of ether oxygens (including phenoxy) is 1. The molecule has 0 N–H and O–H groups in total. The maximum Gasteiger partial charge on any atom is 0.415 e. The number of amides is 1. The van der Waals surface area contributed by atoms with Crippen LogP contribution in [0.2, 0.25) is 0 Å². The van der Waals surface area contributed by atoms with Crippen molar-refractivity contribution in [2.24, 2.45) is 17.8 Å². The molecular formula is C25H34N2O2. The number of unbranched alkanes of at least 4 members (excludes halogenated alkanes) is 1. The largest absolute Gasteiger partial charge is 0.446 e. The van der Waals surface area contributed by atoms with Gasteiger partial charge in [0.05, 0.1) is 6.07 Å². The van der Waals surface area contributed by atoms with Crippen LogP contribution in [0.1, 0.15) is 77.3 Å². The summed E-state index contributed by atoms with van der Waals surface area (Å²) in [5.41, 5.74) is 0.889. The van der Waals surface area contributed by atoms with Gasteiger partial charge in [0.15, 0.2) is 5.54 Å². The van der Waals surface area contributed by atoms with Crippen LogP contribution in [0.3, 0.4) is 0 Å². The minimum absolute atomic E-state index is 0.0839. The number of benzene rings is 1. The second-order valence-electron chi connectivity index (χ2n) is 9.10. The van der Waals surface area contributed by atoms with Crippen LogP contribution in [0.15, 0.2) is 30.5 Å². The Morgan fingerprint density at radius 2 is 2.10 bits per heavy atom. The first-order valence-corrected chi connectivity index (χ1v) is 11.1. The highest BCUT2D eigenvalue weighted by Gasteiger charge is 2.45. The highest BCUT2D eigenvalue weighted by Crippen LogP contribution is 2.41. The van der Waals surface area contributed by atoms with Crippen LogP contribution >= 0.6 is 0 Å². The summed E-state index contributed by atoms with van der Waals surface area (Å²) < 4.78 is 6.11. The smallest absolute Gasteiger partial charge is 0.415 e. The van der Waals surface area contributed by atoms with E-state index in [1.54, 1.807) is 11.1 Å². The van der Waals surface area contributed by atoms with Crippen molar-refractivity contribution in [1.82, 2.24) is 4.90 Å². The molecule has 1 unspecified atom stereocenters. The van der Waals surface area contributed by atoms with Gasteiger partial charge in [-0.1, -0.05) is 64.8 Å². The minimum Gasteiger partial charge on any atom is -0.446 e. The van der Waals surface area contributed by atoms with Gasteiger partial charge in [-0.25, -0.2) is 4.79 Å². The highest BCUT2D eigenvalue weighted by atomic mass is 16.6. The normalized spacial score (nSPS) is 28.7. The van der Waals surface area contributed by atoms with Crippen LogP contribution < -0.4 is 0 Å². The van der Waals surface area contributed by atoms with Gasteiger partial charge in [-0.2, -0.15) is 5.26 Å². The summed E-state index contributed by atoms with van der Waals surface area (Å²) in [5.74, 6) is 1.41. The molecule has 4 atom stereocenters. The zero-order valence-electron chi connectivity index (χ0n) is 18.2. The number of hydrogen-bond donors (Lipinski definition) is 0. The third-order valence-electron chi connectivity index (χ3n) is 6.71. The number of rotatable bonds is 5. The highest BCUT2D eigenvalue weighted by molar-refractivity contribution is 5.76. The van der Waals surface area contributed by atoms with E-state index < -0.39 is 11.6 Å². The Morgan fingerprint density at radius 1 is 1.34 bits per heavy atom. The van der Waals surface area contributed by atoms with Crippen LogP contribution in [-0.4, -0.2) is 17.1 Å². The second kappa shape index (κ2) is 9.03. The zero-order chi connectivity index (χ0) is 21.0. The molecule has 4 nitrogen and oxygen atoms in total. The van der Waals surface area contributed by atoms with E-state index in [0.717, 1.165) is 36.8 Å². The van der Waals surface area contributed by atoms with Gasteiger partial charge in [-0.05, 0) is 60.6 Å². The van der Waals surface area contributed by atoms with Crippen molar-refractivity contribution in [3.8, 4) is 6.07 Å². The summed E-state index contributed by atoms with van der Waals surface area (Å²) in [4.78, 5) is 14.9. The Labute approximate surface area is 175 Å². The molecule has 0 aromatic heterocycles. The van der Waals surface area contributed by atoms with Gasteiger partial charge < -0.3 is 4.74 Å². The summed E-state index contributed by atoms with van der Waals surface area (Å²) in [6.45, 7) is 8.75. The number of carbonyl (C=O) groups is 1. The maximum absolute atomic E-state index is 13.4. The molecule has 0 spiro atoms. The van der Waals surface area contributed by atoms with Crippen molar-refractivity contribution >= 4 is 12.2 Å². The van der Waals surface area contributed by atoms with E-state index in [1.807, 2.05) is 30.3 Å². The summed E-state index contributed by atoms with van der Waals surface area (Å²) in [5, 5.41) is 10.3. The SMILES string of the molecule is CCCCC1(C#N)c2ccccc2C=CN1C(=O)O[C@H]1C[C@@H](C)CC[C@@H]1C(C)C. The van der Waals surface area contributed by atoms with E-state index in [-0.39, 0.29) is 6.10 Å². The fourth-order valence-corrected chi connectivity index (χ4v) is 4.94. The topological polar surface area (TPSA) is 53.3 Å². The van der Waals surface area contributed by atoms with Crippen LogP contribution in [0.5, 0.6) is 0 Å². The standard InChI is InChI=1S/C25H34N2O2/c1-5-6-14-25(17-26)22-10-8-7-9-20(22)13-15-27(25)24(28)29-23-16-19(4)11-12-21(23)18(2)3/h7-10,13,15,18-19,21,23H,5-6,11-12,14,16H2,1-4H3/t19-,21+,23-,25?/m0/s1. The van der Waals surface area contributed by atoms with Crippen molar-refractivity contribution in [1.29, 1.82) is 5.26 Å². The van der Waals surface area contributed by atoms with Crippen LogP contribution in [-0.2, 0) is 10.3 Å². The number of nitrogens with zero attached hydrogens (tertiary/aromatic N) is 2. The molecule has 1 heterocycles. The molecule has 29 heavy (non-hydrogen) atoms. The van der Waals surface area contributed by atoms with E-state index in [4.69, 9.17) is 4.74 Å². The average molecular weight is 395 g/mol. The summed E-state index contributed by atoms with van der Waals surface area (Å²) in [7, 11) is 0. The van der Waals surface area contributed by atoms with Gasteiger partial charge in [0, 0.05) is 6.20 Å². The third kappa shape index (κ3) is 4.20. The van der Waals surface area contributed by atoms with Gasteiger partial charge in [0.1, 0.15) is 6.10 Å². The molecule has 2 aliphatic rings. The van der Waals surface area contributed by atoms with Crippen molar-refractivity contribution in [3.63, 3.8) is 0 Å². The molecular weight excluding hydrogens is 360 g/mol. The maximum atomic E-state index is 13.4. The lowest BCUT2D eigenvalue weighted by Crippen LogP contribution is -2.49. The lowest BCUT2D eigenvalue weighted by atomic mass is 9.75. The van der Waals surface area contributed by atoms with Crippen molar-refractivity contribution in [3.05, 3.63) is 41.6 Å². The van der Waals surface area contributed by atoms with Crippen molar-refractivity contribution in [2.75, 3.05) is 0 Å². The Balaban J connectivity index is 1.91. The average Bonchev–Trinajstić information content (AvgIpc) is 2.71. The summed E-state index contributed by atoms with van der Waals surface area (Å²) in [6, 6.07) is 10.4. The fourth-order valence-electron chi connectivity index (χ4n) is 4.94. The third-order valence-corrected chi connectivity index (χ3v) is 6.71. The molecule has 1 amide bonds.